The van der Waals surface area contributed by atoms with Gasteiger partial charge in [0.1, 0.15) is 23.1 Å². The van der Waals surface area contributed by atoms with Crippen LogP contribution in [0.25, 0.3) is 17.0 Å². The molecule has 1 saturated carbocycles. The number of aliphatic carboxylic acids is 1. The molecule has 1 aromatic heterocycles. The predicted molar refractivity (Wildman–Crippen MR) is 116 cm³/mol. The first kappa shape index (κ1) is 21.7. The van der Waals surface area contributed by atoms with Crippen molar-refractivity contribution < 1.29 is 27.5 Å². The highest BCUT2D eigenvalue weighted by atomic mass is 19.1. The van der Waals surface area contributed by atoms with E-state index in [1.54, 1.807) is 17.0 Å². The summed E-state index contributed by atoms with van der Waals surface area (Å²) in [7, 11) is 0. The Morgan fingerprint density at radius 3 is 2.55 bits per heavy atom. The van der Waals surface area contributed by atoms with Gasteiger partial charge in [0.05, 0.1) is 6.04 Å². The van der Waals surface area contributed by atoms with Gasteiger partial charge in [-0.15, -0.1) is 0 Å². The quantitative estimate of drug-likeness (QED) is 0.391. The molecule has 8 heteroatoms. The van der Waals surface area contributed by atoms with E-state index in [-0.39, 0.29) is 23.7 Å². The number of hydrogen-bond donors (Lipinski definition) is 2. The lowest BCUT2D eigenvalue weighted by molar-refractivity contribution is -0.131. The summed E-state index contributed by atoms with van der Waals surface area (Å²) in [6, 6.07) is 5.43. The highest BCUT2D eigenvalue weighted by Gasteiger charge is 2.49. The average Bonchev–Trinajstić information content (AvgIpc) is 3.35. The molecule has 0 spiro atoms. The minimum Gasteiger partial charge on any atom is -0.478 e. The van der Waals surface area contributed by atoms with Crippen LogP contribution in [0.15, 0.2) is 36.4 Å². The highest BCUT2D eigenvalue weighted by Crippen LogP contribution is 2.47. The number of carboxylic acid groups (broad SMARTS) is 1. The number of nitrogens with zero attached hydrogens (tertiary/aromatic N) is 1. The van der Waals surface area contributed by atoms with Crippen LogP contribution in [-0.4, -0.2) is 39.2 Å². The molecule has 2 atom stereocenters. The third-order valence-corrected chi connectivity index (χ3v) is 6.63. The molecule has 4 nitrogen and oxygen atoms in total. The minimum absolute atomic E-state index is 0.00959. The maximum Gasteiger partial charge on any atom is 0.328 e. The van der Waals surface area contributed by atoms with Crippen LogP contribution in [0.2, 0.25) is 0 Å². The lowest BCUT2D eigenvalue weighted by atomic mass is 9.87. The molecule has 2 N–H and O–H groups in total. The topological polar surface area (TPSA) is 56.3 Å². The molecule has 1 fully saturated rings. The Hall–Kier alpha value is -3.13. The van der Waals surface area contributed by atoms with Gasteiger partial charge in [0.2, 0.25) is 0 Å². The van der Waals surface area contributed by atoms with E-state index in [0.29, 0.717) is 41.4 Å². The van der Waals surface area contributed by atoms with Crippen LogP contribution in [0, 0.1) is 17.5 Å². The summed E-state index contributed by atoms with van der Waals surface area (Å²) in [5.41, 5.74) is -0.0241. The van der Waals surface area contributed by atoms with Gasteiger partial charge >= 0.3 is 5.97 Å². The van der Waals surface area contributed by atoms with E-state index in [9.17, 15) is 13.6 Å². The van der Waals surface area contributed by atoms with E-state index >= 15 is 8.78 Å². The highest BCUT2D eigenvalue weighted by molar-refractivity contribution is 5.86. The van der Waals surface area contributed by atoms with Gasteiger partial charge in [0.25, 0.3) is 0 Å². The number of rotatable bonds is 5. The predicted octanol–water partition coefficient (Wildman–Crippen LogP) is 5.52. The number of H-pyrrole nitrogens is 1. The zero-order chi connectivity index (χ0) is 23.5. The van der Waals surface area contributed by atoms with Gasteiger partial charge in [-0.3, -0.25) is 4.90 Å². The summed E-state index contributed by atoms with van der Waals surface area (Å²) in [5, 5.41) is 9.18. The number of nitrogens with one attached hydrogen (secondary N) is 1. The van der Waals surface area contributed by atoms with Gasteiger partial charge in [0.15, 0.2) is 0 Å². The maximum atomic E-state index is 15.4. The summed E-state index contributed by atoms with van der Waals surface area (Å²) in [4.78, 5) is 15.7. The summed E-state index contributed by atoms with van der Waals surface area (Å²) in [6.07, 6.45) is 3.08. The van der Waals surface area contributed by atoms with E-state index in [1.807, 2.05) is 6.92 Å². The summed E-state index contributed by atoms with van der Waals surface area (Å²) >= 11 is 0. The first-order chi connectivity index (χ1) is 15.7. The molecule has 2 aliphatic rings. The third-order valence-electron chi connectivity index (χ3n) is 6.63. The molecule has 0 radical (unpaired) electrons. The second kappa shape index (κ2) is 7.73. The fourth-order valence-electron chi connectivity index (χ4n) is 4.88. The largest absolute Gasteiger partial charge is 0.478 e. The SMILES string of the molecule is CC1Cc2c([nH]c3cccc(F)c23)[C@H](c2c(F)cc(/C=C/C(=O)O)cc2F)N1CC1(F)CC1. The van der Waals surface area contributed by atoms with Crippen molar-refractivity contribution in [2.75, 3.05) is 6.54 Å². The Bertz CT molecular complexity index is 1270. The Morgan fingerprint density at radius 1 is 1.21 bits per heavy atom. The molecule has 2 heterocycles. The van der Waals surface area contributed by atoms with E-state index in [0.717, 1.165) is 24.3 Å². The molecule has 0 amide bonds. The number of carboxylic acids is 1. The van der Waals surface area contributed by atoms with E-state index in [2.05, 4.69) is 4.98 Å². The molecule has 2 aromatic carbocycles. The third kappa shape index (κ3) is 3.82. The van der Waals surface area contributed by atoms with Gasteiger partial charge < -0.3 is 10.1 Å². The zero-order valence-electron chi connectivity index (χ0n) is 17.8. The van der Waals surface area contributed by atoms with Crippen LogP contribution >= 0.6 is 0 Å². The molecular weight excluding hydrogens is 436 g/mol. The lowest BCUT2D eigenvalue weighted by Crippen LogP contribution is -2.46. The normalized spacial score (nSPS) is 22.1. The van der Waals surface area contributed by atoms with Crippen LogP contribution in [0.5, 0.6) is 0 Å². The number of alkyl halides is 1. The number of carbonyl (C=O) groups is 1. The number of hydrogen-bond acceptors (Lipinski definition) is 2. The van der Waals surface area contributed by atoms with Crippen molar-refractivity contribution in [1.29, 1.82) is 0 Å². The Kier molecular flexibility index (Phi) is 5.08. The van der Waals surface area contributed by atoms with Crippen molar-refractivity contribution in [2.45, 2.75) is 43.9 Å². The Balaban J connectivity index is 1.70. The van der Waals surface area contributed by atoms with Crippen LogP contribution in [0.3, 0.4) is 0 Å². The van der Waals surface area contributed by atoms with Crippen molar-refractivity contribution in [3.63, 3.8) is 0 Å². The Morgan fingerprint density at radius 2 is 1.91 bits per heavy atom. The molecule has 172 valence electrons. The van der Waals surface area contributed by atoms with Crippen molar-refractivity contribution in [1.82, 2.24) is 9.88 Å². The van der Waals surface area contributed by atoms with E-state index in [4.69, 9.17) is 5.11 Å². The summed E-state index contributed by atoms with van der Waals surface area (Å²) < 4.78 is 60.3. The van der Waals surface area contributed by atoms with Gasteiger partial charge in [-0.1, -0.05) is 6.07 Å². The second-order valence-electron chi connectivity index (χ2n) is 9.03. The molecule has 0 bridgehead atoms. The number of halogens is 4. The van der Waals surface area contributed by atoms with Gasteiger partial charge in [-0.2, -0.15) is 0 Å². The summed E-state index contributed by atoms with van der Waals surface area (Å²) in [6.45, 7) is 1.86. The zero-order valence-corrected chi connectivity index (χ0v) is 17.8. The smallest absolute Gasteiger partial charge is 0.328 e. The van der Waals surface area contributed by atoms with Gasteiger partial charge in [0, 0.05) is 40.8 Å². The summed E-state index contributed by atoms with van der Waals surface area (Å²) in [5.74, 6) is -3.42. The van der Waals surface area contributed by atoms with Crippen molar-refractivity contribution >= 4 is 22.9 Å². The Labute approximate surface area is 187 Å². The number of benzene rings is 2. The molecule has 3 aromatic rings. The van der Waals surface area contributed by atoms with Gasteiger partial charge in [-0.25, -0.2) is 22.4 Å². The monoisotopic (exact) mass is 458 g/mol. The first-order valence-electron chi connectivity index (χ1n) is 10.8. The molecule has 1 unspecified atom stereocenters. The van der Waals surface area contributed by atoms with E-state index in [1.165, 1.54) is 6.07 Å². The van der Waals surface area contributed by atoms with Crippen molar-refractivity contribution in [3.05, 3.63) is 76.2 Å². The molecule has 1 aliphatic heterocycles. The first-order valence-corrected chi connectivity index (χ1v) is 10.8. The standard InChI is InChI=1S/C25H22F4N2O2/c1-13-9-15-21-16(26)3-2-4-19(21)30-23(15)24(31(13)12-25(29)7-8-25)22-17(27)10-14(11-18(22)28)5-6-20(32)33/h2-6,10-11,13,24,30H,7-9,12H2,1H3,(H,32,33)/b6-5+/t13?,24-/m0/s1. The maximum absolute atomic E-state index is 15.4. The fraction of sp³-hybridized carbons (Fsp3) is 0.320. The second-order valence-corrected chi connectivity index (χ2v) is 9.03. The molecule has 33 heavy (non-hydrogen) atoms. The van der Waals surface area contributed by atoms with Crippen LogP contribution in [0.4, 0.5) is 17.6 Å². The number of aromatic amines is 1. The molecular formula is C25H22F4N2O2. The van der Waals surface area contributed by atoms with Crippen molar-refractivity contribution in [3.8, 4) is 0 Å². The van der Waals surface area contributed by atoms with Crippen LogP contribution in [0.1, 0.15) is 48.2 Å². The minimum atomic E-state index is -1.40. The molecule has 0 saturated heterocycles. The van der Waals surface area contributed by atoms with Crippen LogP contribution < -0.4 is 0 Å². The number of fused-ring (bicyclic) bond motifs is 3. The van der Waals surface area contributed by atoms with Crippen LogP contribution in [-0.2, 0) is 11.2 Å². The lowest BCUT2D eigenvalue weighted by Gasteiger charge is -2.41. The van der Waals surface area contributed by atoms with Crippen molar-refractivity contribution in [2.24, 2.45) is 0 Å². The fourth-order valence-corrected chi connectivity index (χ4v) is 4.88. The van der Waals surface area contributed by atoms with E-state index < -0.39 is 35.1 Å². The number of aromatic nitrogens is 1. The molecule has 1 aliphatic carbocycles. The molecule has 5 rings (SSSR count). The van der Waals surface area contributed by atoms with Gasteiger partial charge in [-0.05, 0) is 67.7 Å². The average molecular weight is 458 g/mol.